The zero-order valence-electron chi connectivity index (χ0n) is 18.3. The Bertz CT molecular complexity index is 1080. The minimum Gasteiger partial charge on any atom is -0.394 e. The highest BCUT2D eigenvalue weighted by molar-refractivity contribution is 8.26. The molecule has 0 aromatic carbocycles. The molecule has 3 rings (SSSR count). The molecule has 0 atom stereocenters. The summed E-state index contributed by atoms with van der Waals surface area (Å²) >= 11 is 6.61. The number of nitrogens with zero attached hydrogens (tertiary/aromatic N) is 3. The molecule has 2 aromatic heterocycles. The van der Waals surface area contributed by atoms with Crippen LogP contribution in [0.25, 0.3) is 11.7 Å². The van der Waals surface area contributed by atoms with Gasteiger partial charge in [0.05, 0.1) is 30.3 Å². The summed E-state index contributed by atoms with van der Waals surface area (Å²) in [5, 5.41) is 12.0. The van der Waals surface area contributed by atoms with Gasteiger partial charge in [0.2, 0.25) is 0 Å². The van der Waals surface area contributed by atoms with Gasteiger partial charge in [-0.15, -0.1) is 0 Å². The second kappa shape index (κ2) is 11.6. The van der Waals surface area contributed by atoms with E-state index in [4.69, 9.17) is 22.1 Å². The van der Waals surface area contributed by atoms with Crippen molar-refractivity contribution in [3.63, 3.8) is 0 Å². The van der Waals surface area contributed by atoms with Crippen LogP contribution in [0.2, 0.25) is 0 Å². The van der Waals surface area contributed by atoms with E-state index in [0.717, 1.165) is 24.8 Å². The molecule has 1 saturated heterocycles. The summed E-state index contributed by atoms with van der Waals surface area (Å²) in [5.74, 6) is 0.204. The first kappa shape index (κ1) is 24.4. The van der Waals surface area contributed by atoms with E-state index in [1.54, 1.807) is 23.2 Å². The molecule has 10 heteroatoms. The van der Waals surface area contributed by atoms with Gasteiger partial charge in [-0.1, -0.05) is 49.8 Å². The fourth-order valence-electron chi connectivity index (χ4n) is 3.33. The normalized spacial score (nSPS) is 15.3. The third-order valence-corrected chi connectivity index (χ3v) is 6.37. The van der Waals surface area contributed by atoms with E-state index < -0.39 is 0 Å². The molecule has 1 amide bonds. The fourth-order valence-corrected chi connectivity index (χ4v) is 4.62. The number of aryl methyl sites for hydroxylation is 1. The molecule has 172 valence electrons. The molecule has 0 bridgehead atoms. The lowest BCUT2D eigenvalue weighted by Gasteiger charge is -2.14. The molecule has 1 aliphatic heterocycles. The maximum Gasteiger partial charge on any atom is 0.267 e. The van der Waals surface area contributed by atoms with Crippen LogP contribution in [0.15, 0.2) is 28.0 Å². The molecule has 0 spiro atoms. The molecular weight excluding hydrogens is 448 g/mol. The maximum absolute atomic E-state index is 13.3. The summed E-state index contributed by atoms with van der Waals surface area (Å²) < 4.78 is 7.28. The Labute approximate surface area is 196 Å². The number of hydrogen-bond donors (Lipinski definition) is 2. The third-order valence-electron chi connectivity index (χ3n) is 4.99. The van der Waals surface area contributed by atoms with Crippen LogP contribution in [0.1, 0.15) is 37.3 Å². The number of nitrogens with one attached hydrogen (secondary N) is 1. The molecule has 32 heavy (non-hydrogen) atoms. The highest BCUT2D eigenvalue weighted by Crippen LogP contribution is 2.33. The Kier molecular flexibility index (Phi) is 8.80. The smallest absolute Gasteiger partial charge is 0.267 e. The van der Waals surface area contributed by atoms with Gasteiger partial charge < -0.3 is 15.2 Å². The summed E-state index contributed by atoms with van der Waals surface area (Å²) in [6.07, 6.45) is 6.22. The van der Waals surface area contributed by atoms with Crippen molar-refractivity contribution < 1.29 is 14.6 Å². The van der Waals surface area contributed by atoms with Gasteiger partial charge in [-0.25, -0.2) is 4.98 Å². The van der Waals surface area contributed by atoms with Gasteiger partial charge >= 0.3 is 0 Å². The molecule has 0 unspecified atom stereocenters. The number of carbonyl (C=O) groups is 1. The minimum absolute atomic E-state index is 0.0554. The summed E-state index contributed by atoms with van der Waals surface area (Å²) in [5.41, 5.74) is 1.43. The molecular formula is C22H28N4O4S2. The number of aliphatic hydroxyl groups is 1. The minimum atomic E-state index is -0.270. The average Bonchev–Trinajstić information content (AvgIpc) is 3.04. The van der Waals surface area contributed by atoms with Crippen molar-refractivity contribution >= 4 is 51.7 Å². The number of aromatic nitrogens is 2. The van der Waals surface area contributed by atoms with Crippen LogP contribution in [0.3, 0.4) is 0 Å². The van der Waals surface area contributed by atoms with E-state index in [1.807, 2.05) is 13.0 Å². The monoisotopic (exact) mass is 476 g/mol. The highest BCUT2D eigenvalue weighted by Gasteiger charge is 2.32. The summed E-state index contributed by atoms with van der Waals surface area (Å²) in [4.78, 5) is 32.9. The first-order valence-electron chi connectivity index (χ1n) is 10.7. The summed E-state index contributed by atoms with van der Waals surface area (Å²) in [6.45, 7) is 5.49. The number of ether oxygens (including phenoxy) is 1. The van der Waals surface area contributed by atoms with Crippen LogP contribution >= 0.6 is 24.0 Å². The third kappa shape index (κ3) is 5.55. The number of carbonyl (C=O) groups excluding carboxylic acids is 1. The van der Waals surface area contributed by atoms with Gasteiger partial charge in [0.25, 0.3) is 11.5 Å². The predicted octanol–water partition coefficient (Wildman–Crippen LogP) is 2.82. The first-order chi connectivity index (χ1) is 15.5. The Balaban J connectivity index is 1.96. The second-order valence-corrected chi connectivity index (χ2v) is 9.04. The standard InChI is InChI=1S/C22H28N4O4S2/c1-3-4-5-9-26-21(29)17(32-22(26)31)14-16-18(23-8-12-30-13-11-27)24-19-15(2)7-6-10-25(19)20(16)28/h6-7,10,14,23,27H,3-5,8-9,11-13H2,1-2H3. The van der Waals surface area contributed by atoms with Crippen molar-refractivity contribution in [2.24, 2.45) is 0 Å². The Hall–Kier alpha value is -2.27. The quantitative estimate of drug-likeness (QED) is 0.290. The van der Waals surface area contributed by atoms with Gasteiger partial charge in [0, 0.05) is 19.3 Å². The predicted molar refractivity (Wildman–Crippen MR) is 132 cm³/mol. The Morgan fingerprint density at radius 1 is 1.31 bits per heavy atom. The van der Waals surface area contributed by atoms with E-state index in [9.17, 15) is 9.59 Å². The number of aliphatic hydroxyl groups excluding tert-OH is 1. The van der Waals surface area contributed by atoms with Crippen LogP contribution in [0.5, 0.6) is 0 Å². The zero-order valence-corrected chi connectivity index (χ0v) is 19.9. The van der Waals surface area contributed by atoms with Crippen LogP contribution in [0, 0.1) is 6.92 Å². The van der Waals surface area contributed by atoms with Crippen LogP contribution in [-0.4, -0.2) is 62.5 Å². The number of anilines is 1. The van der Waals surface area contributed by atoms with Crippen molar-refractivity contribution in [1.29, 1.82) is 0 Å². The lowest BCUT2D eigenvalue weighted by Crippen LogP contribution is -2.29. The van der Waals surface area contributed by atoms with E-state index in [1.165, 1.54) is 16.2 Å². The second-order valence-electron chi connectivity index (χ2n) is 7.37. The van der Waals surface area contributed by atoms with Gasteiger partial charge in [-0.2, -0.15) is 0 Å². The fraction of sp³-hybridized carbons (Fsp3) is 0.455. The maximum atomic E-state index is 13.3. The molecule has 2 aromatic rings. The Morgan fingerprint density at radius 2 is 2.12 bits per heavy atom. The van der Waals surface area contributed by atoms with Crippen molar-refractivity contribution in [3.8, 4) is 0 Å². The lowest BCUT2D eigenvalue weighted by molar-refractivity contribution is -0.122. The van der Waals surface area contributed by atoms with Crippen LogP contribution in [0.4, 0.5) is 5.82 Å². The highest BCUT2D eigenvalue weighted by atomic mass is 32.2. The SMILES string of the molecule is CCCCCN1C(=O)C(=Cc2c(NCCOCCO)nc3c(C)cccn3c2=O)SC1=S. The molecule has 0 aliphatic carbocycles. The summed E-state index contributed by atoms with van der Waals surface area (Å²) in [6, 6.07) is 3.68. The number of hydrogen-bond acceptors (Lipinski definition) is 8. The van der Waals surface area contributed by atoms with Crippen molar-refractivity contribution in [2.45, 2.75) is 33.1 Å². The number of pyridine rings is 1. The van der Waals surface area contributed by atoms with Crippen molar-refractivity contribution in [1.82, 2.24) is 14.3 Å². The first-order valence-corrected chi connectivity index (χ1v) is 11.9. The molecule has 0 saturated carbocycles. The van der Waals surface area contributed by atoms with Gasteiger partial charge in [-0.3, -0.25) is 18.9 Å². The average molecular weight is 477 g/mol. The number of thiocarbonyl (C=S) groups is 1. The van der Waals surface area contributed by atoms with E-state index >= 15 is 0 Å². The van der Waals surface area contributed by atoms with E-state index in [2.05, 4.69) is 17.2 Å². The van der Waals surface area contributed by atoms with Crippen LogP contribution < -0.4 is 10.9 Å². The largest absolute Gasteiger partial charge is 0.394 e. The zero-order chi connectivity index (χ0) is 23.1. The molecule has 3 heterocycles. The number of thioether (sulfide) groups is 1. The molecule has 1 fully saturated rings. The number of fused-ring (bicyclic) bond motifs is 1. The number of rotatable bonds is 11. The van der Waals surface area contributed by atoms with E-state index in [0.29, 0.717) is 46.0 Å². The number of unbranched alkanes of at least 4 members (excludes halogenated alkanes) is 2. The lowest BCUT2D eigenvalue weighted by atomic mass is 10.2. The topological polar surface area (TPSA) is 96.2 Å². The van der Waals surface area contributed by atoms with Gasteiger partial charge in [0.1, 0.15) is 15.8 Å². The Morgan fingerprint density at radius 3 is 2.88 bits per heavy atom. The van der Waals surface area contributed by atoms with Gasteiger partial charge in [-0.05, 0) is 31.1 Å². The van der Waals surface area contributed by atoms with Crippen LogP contribution in [-0.2, 0) is 9.53 Å². The molecule has 8 nitrogen and oxygen atoms in total. The van der Waals surface area contributed by atoms with Crippen molar-refractivity contribution in [2.75, 3.05) is 38.2 Å². The molecule has 2 N–H and O–H groups in total. The van der Waals surface area contributed by atoms with E-state index in [-0.39, 0.29) is 24.7 Å². The summed E-state index contributed by atoms with van der Waals surface area (Å²) in [7, 11) is 0. The number of amides is 1. The van der Waals surface area contributed by atoms with Gasteiger partial charge in [0.15, 0.2) is 0 Å². The molecule has 0 radical (unpaired) electrons. The van der Waals surface area contributed by atoms with Crippen molar-refractivity contribution in [3.05, 3.63) is 44.7 Å². The molecule has 1 aliphatic rings.